The fourth-order valence-electron chi connectivity index (χ4n) is 17.5. The fourth-order valence-corrected chi connectivity index (χ4v) is 17.5. The van der Waals surface area contributed by atoms with Crippen molar-refractivity contribution in [2.75, 3.05) is 14.7 Å². The molecule has 0 bridgehead atoms. The van der Waals surface area contributed by atoms with Gasteiger partial charge in [0.25, 0.3) is 0 Å². The molecule has 1 saturated carbocycles. The van der Waals surface area contributed by atoms with Crippen LogP contribution >= 0.6 is 0 Å². The Hall–Kier alpha value is -6.26. The van der Waals surface area contributed by atoms with Crippen molar-refractivity contribution in [2.24, 2.45) is 0 Å². The van der Waals surface area contributed by atoms with Gasteiger partial charge in [-0.15, -0.1) is 0 Å². The zero-order valence-corrected chi connectivity index (χ0v) is 53.8. The molecule has 1 fully saturated rings. The lowest BCUT2D eigenvalue weighted by Gasteiger charge is -2.53. The average Bonchev–Trinajstić information content (AvgIpc) is 1.82. The third kappa shape index (κ3) is 7.74. The molecule has 4 aliphatic carbocycles. The lowest BCUT2D eigenvalue weighted by Crippen LogP contribution is -2.62. The first-order chi connectivity index (χ1) is 38.9. The minimum atomic E-state index is -0.310. The molecule has 2 unspecified atom stereocenters. The van der Waals surface area contributed by atoms with Gasteiger partial charge in [-0.25, -0.2) is 0 Å². The summed E-state index contributed by atoms with van der Waals surface area (Å²) >= 11 is 0. The van der Waals surface area contributed by atoms with Gasteiger partial charge in [0, 0.05) is 56.2 Å². The molecule has 3 heterocycles. The minimum absolute atomic E-state index is 0.000327. The molecule has 0 N–H and O–H groups in total. The molecule has 7 aromatic carbocycles. The Kier molecular flexibility index (Phi) is 11.5. The van der Waals surface area contributed by atoms with Crippen LogP contribution in [0.25, 0.3) is 16.8 Å². The number of fused-ring (bicyclic) bond motifs is 10. The standard InChI is InChI=1S/C79H92BN3/c1-71(2,3)51-26-30-53(31-27-51)81(54-32-28-52(29-33-54)72(4,5)6)56-45-65-67-66(46-56)83-69-63(78(17)36-22-23-37-79(78,83)18)42-50(49-24-20-19-21-25-49)43-64(69)80(67)70-68(82(65)55-34-35-58-60(44-55)74(9,10)39-38-73(58,7)8)57-47-61-62(48-59(57)77(70,15)16)76(13,14)41-40-75(61,11)12/h19-21,24-35,42-48H,22-23,36-41H2,1-18H3. The molecule has 3 aliphatic heterocycles. The van der Waals surface area contributed by atoms with E-state index < -0.39 is 0 Å². The molecule has 426 valence electrons. The summed E-state index contributed by atoms with van der Waals surface area (Å²) in [6.45, 7) is 44.6. The van der Waals surface area contributed by atoms with Crippen LogP contribution in [0.15, 0.2) is 139 Å². The highest BCUT2D eigenvalue weighted by molar-refractivity contribution is 6.96. The Morgan fingerprint density at radius 1 is 0.446 bits per heavy atom. The van der Waals surface area contributed by atoms with Gasteiger partial charge in [-0.3, -0.25) is 0 Å². The first-order valence-electron chi connectivity index (χ1n) is 32.0. The second-order valence-electron chi connectivity index (χ2n) is 32.7. The van der Waals surface area contributed by atoms with E-state index in [0.29, 0.717) is 0 Å². The Balaban J connectivity index is 1.15. The quantitative estimate of drug-likeness (QED) is 0.159. The number of nitrogens with zero attached hydrogens (tertiary/aromatic N) is 3. The van der Waals surface area contributed by atoms with Gasteiger partial charge in [-0.2, -0.15) is 0 Å². The first kappa shape index (κ1) is 54.7. The fraction of sp³-hybridized carbons (Fsp3) is 0.443. The van der Waals surface area contributed by atoms with Gasteiger partial charge in [-0.1, -0.05) is 209 Å². The van der Waals surface area contributed by atoms with Crippen molar-refractivity contribution in [2.45, 2.75) is 225 Å². The average molecular weight is 1090 g/mol. The molecule has 2 atom stereocenters. The summed E-state index contributed by atoms with van der Waals surface area (Å²) in [5.74, 6) is 0. The van der Waals surface area contributed by atoms with E-state index in [1.165, 1.54) is 151 Å². The summed E-state index contributed by atoms with van der Waals surface area (Å²) < 4.78 is 0. The highest BCUT2D eigenvalue weighted by Gasteiger charge is 2.63. The van der Waals surface area contributed by atoms with E-state index in [1.807, 2.05) is 0 Å². The zero-order valence-electron chi connectivity index (χ0n) is 53.8. The van der Waals surface area contributed by atoms with Crippen LogP contribution in [-0.4, -0.2) is 12.3 Å². The second kappa shape index (κ2) is 17.4. The van der Waals surface area contributed by atoms with Gasteiger partial charge >= 0.3 is 0 Å². The van der Waals surface area contributed by atoms with Crippen molar-refractivity contribution in [1.29, 1.82) is 0 Å². The Morgan fingerprint density at radius 2 is 0.976 bits per heavy atom. The van der Waals surface area contributed by atoms with Crippen LogP contribution in [0.1, 0.15) is 226 Å². The molecule has 0 radical (unpaired) electrons. The van der Waals surface area contributed by atoms with Crippen molar-refractivity contribution < 1.29 is 0 Å². The molecule has 0 aromatic heterocycles. The predicted molar refractivity (Wildman–Crippen MR) is 357 cm³/mol. The van der Waals surface area contributed by atoms with Gasteiger partial charge < -0.3 is 14.7 Å². The SMILES string of the molecule is CC(C)(C)c1ccc(N(c2ccc(C(C)(C)C)cc2)c2cc3c4c(c2)N2c5c(cc(-c6ccccc6)cc5C5(C)CCCCC25C)B4C2=C(c4cc5c(cc4C2(C)C)C(C)(C)CCC5(C)C)N3c2ccc3c(c2)C(C)(C)CCC3(C)C)cc1. The molecule has 83 heavy (non-hydrogen) atoms. The summed E-state index contributed by atoms with van der Waals surface area (Å²) in [6.07, 6.45) is 9.47. The highest BCUT2D eigenvalue weighted by Crippen LogP contribution is 2.66. The predicted octanol–water partition coefficient (Wildman–Crippen LogP) is 20.2. The van der Waals surface area contributed by atoms with Crippen LogP contribution in [0, 0.1) is 0 Å². The first-order valence-corrected chi connectivity index (χ1v) is 32.0. The number of hydrogen-bond donors (Lipinski definition) is 0. The third-order valence-corrected chi connectivity index (χ3v) is 23.2. The van der Waals surface area contributed by atoms with E-state index in [9.17, 15) is 0 Å². The molecular weight excluding hydrogens is 1000 g/mol. The molecule has 3 nitrogen and oxygen atoms in total. The molecular formula is C79H92BN3. The Labute approximate surface area is 500 Å². The van der Waals surface area contributed by atoms with Crippen LogP contribution < -0.4 is 25.6 Å². The van der Waals surface area contributed by atoms with E-state index >= 15 is 0 Å². The van der Waals surface area contributed by atoms with E-state index in [0.717, 1.165) is 12.8 Å². The Bertz CT molecular complexity index is 3830. The molecule has 0 amide bonds. The largest absolute Gasteiger partial charge is 0.335 e. The van der Waals surface area contributed by atoms with E-state index in [2.05, 4.69) is 273 Å². The van der Waals surface area contributed by atoms with Crippen LogP contribution in [-0.2, 0) is 43.3 Å². The highest BCUT2D eigenvalue weighted by atomic mass is 15.3. The lowest BCUT2D eigenvalue weighted by molar-refractivity contribution is 0.195. The molecule has 4 heteroatoms. The number of rotatable bonds is 5. The summed E-state index contributed by atoms with van der Waals surface area (Å²) in [5.41, 5.74) is 30.4. The van der Waals surface area contributed by atoms with Crippen LogP contribution in [0.2, 0.25) is 0 Å². The summed E-state index contributed by atoms with van der Waals surface area (Å²) in [5, 5.41) is 0. The third-order valence-electron chi connectivity index (χ3n) is 23.2. The number of anilines is 7. The van der Waals surface area contributed by atoms with Gasteiger partial charge in [0.2, 0.25) is 6.71 Å². The van der Waals surface area contributed by atoms with Crippen molar-refractivity contribution in [3.63, 3.8) is 0 Å². The lowest BCUT2D eigenvalue weighted by atomic mass is 9.30. The molecule has 7 aliphatic rings. The van der Waals surface area contributed by atoms with Crippen LogP contribution in [0.4, 0.5) is 39.8 Å². The monoisotopic (exact) mass is 1090 g/mol. The van der Waals surface area contributed by atoms with Gasteiger partial charge in [0.1, 0.15) is 0 Å². The van der Waals surface area contributed by atoms with Crippen molar-refractivity contribution in [3.8, 4) is 11.1 Å². The Morgan fingerprint density at radius 3 is 1.55 bits per heavy atom. The summed E-state index contributed by atoms with van der Waals surface area (Å²) in [4.78, 5) is 8.42. The van der Waals surface area contributed by atoms with Gasteiger partial charge in [-0.05, 0) is 205 Å². The molecule has 14 rings (SSSR count). The second-order valence-corrected chi connectivity index (χ2v) is 32.7. The topological polar surface area (TPSA) is 9.72 Å². The number of allylic oxidation sites excluding steroid dienone is 1. The smallest absolute Gasteiger partial charge is 0.248 e. The van der Waals surface area contributed by atoms with E-state index in [1.54, 1.807) is 11.0 Å². The van der Waals surface area contributed by atoms with Crippen LogP contribution in [0.5, 0.6) is 0 Å². The maximum Gasteiger partial charge on any atom is 0.248 e. The zero-order chi connectivity index (χ0) is 58.7. The van der Waals surface area contributed by atoms with Crippen LogP contribution in [0.3, 0.4) is 0 Å². The number of hydrogen-bond acceptors (Lipinski definition) is 3. The van der Waals surface area contributed by atoms with Gasteiger partial charge in [0.15, 0.2) is 0 Å². The minimum Gasteiger partial charge on any atom is -0.335 e. The van der Waals surface area contributed by atoms with E-state index in [-0.39, 0.29) is 55.6 Å². The van der Waals surface area contributed by atoms with E-state index in [4.69, 9.17) is 0 Å². The molecule has 0 saturated heterocycles. The molecule has 0 spiro atoms. The summed E-state index contributed by atoms with van der Waals surface area (Å²) in [6, 6.07) is 54.4. The summed E-state index contributed by atoms with van der Waals surface area (Å²) in [7, 11) is 0. The van der Waals surface area contributed by atoms with Gasteiger partial charge in [0.05, 0.1) is 11.2 Å². The number of benzene rings is 7. The normalized spacial score (nSPS) is 23.4. The van der Waals surface area contributed by atoms with Crippen molar-refractivity contribution >= 4 is 63.1 Å². The van der Waals surface area contributed by atoms with Crippen molar-refractivity contribution in [1.82, 2.24) is 0 Å². The molecule has 7 aromatic rings. The van der Waals surface area contributed by atoms with Crippen molar-refractivity contribution in [3.05, 3.63) is 189 Å². The maximum atomic E-state index is 2.97. The maximum absolute atomic E-state index is 2.97.